The van der Waals surface area contributed by atoms with Gasteiger partial charge in [0.05, 0.1) is 11.1 Å². The van der Waals surface area contributed by atoms with Crippen LogP contribution in [0.25, 0.3) is 6.08 Å². The van der Waals surface area contributed by atoms with Crippen molar-refractivity contribution in [3.63, 3.8) is 0 Å². The van der Waals surface area contributed by atoms with E-state index in [-0.39, 0.29) is 5.97 Å². The smallest absolute Gasteiger partial charge is 0.342 e. The van der Waals surface area contributed by atoms with E-state index in [0.29, 0.717) is 11.3 Å². The lowest BCUT2D eigenvalue weighted by atomic mass is 9.99. The highest BCUT2D eigenvalue weighted by Gasteiger charge is 2.47. The van der Waals surface area contributed by atoms with Crippen LogP contribution in [-0.2, 0) is 10.5 Å². The second-order valence-electron chi connectivity index (χ2n) is 4.72. The van der Waals surface area contributed by atoms with Crippen LogP contribution in [0.5, 0.6) is 5.75 Å². The summed E-state index contributed by atoms with van der Waals surface area (Å²) in [6.07, 6.45) is 3.70. The van der Waals surface area contributed by atoms with E-state index < -0.39 is 5.79 Å². The van der Waals surface area contributed by atoms with Crippen molar-refractivity contribution in [3.05, 3.63) is 69.7 Å². The number of ether oxygens (including phenoxy) is 2. The number of carbonyl (C=O) groups excluding carboxylic acids is 1. The molecule has 20 heavy (non-hydrogen) atoms. The Balaban J connectivity index is 1.87. The molecule has 4 heteroatoms. The van der Waals surface area contributed by atoms with E-state index in [1.807, 2.05) is 42.5 Å². The zero-order chi connectivity index (χ0) is 13.7. The predicted octanol–water partition coefficient (Wildman–Crippen LogP) is 3.88. The summed E-state index contributed by atoms with van der Waals surface area (Å²) >= 11 is 3.43. The normalized spacial score (nSPS) is 22.1. The largest absolute Gasteiger partial charge is 0.444 e. The van der Waals surface area contributed by atoms with Crippen molar-refractivity contribution >= 4 is 28.0 Å². The van der Waals surface area contributed by atoms with Gasteiger partial charge in [0.25, 0.3) is 0 Å². The van der Waals surface area contributed by atoms with Gasteiger partial charge in [0, 0.05) is 16.1 Å². The molecule has 2 aliphatic rings. The number of carbonyl (C=O) groups is 1. The van der Waals surface area contributed by atoms with Gasteiger partial charge in [-0.1, -0.05) is 28.1 Å². The molecule has 4 rings (SSSR count). The van der Waals surface area contributed by atoms with Gasteiger partial charge in [-0.25, -0.2) is 4.79 Å². The molecule has 98 valence electrons. The number of rotatable bonds is 0. The maximum absolute atomic E-state index is 12.0. The average molecular weight is 329 g/mol. The van der Waals surface area contributed by atoms with Gasteiger partial charge in [-0.3, -0.25) is 0 Å². The van der Waals surface area contributed by atoms with E-state index in [9.17, 15) is 4.79 Å². The Labute approximate surface area is 124 Å². The molecule has 0 fully saturated rings. The van der Waals surface area contributed by atoms with Crippen LogP contribution >= 0.6 is 15.9 Å². The second-order valence-corrected chi connectivity index (χ2v) is 5.64. The lowest BCUT2D eigenvalue weighted by Crippen LogP contribution is -2.32. The van der Waals surface area contributed by atoms with Gasteiger partial charge >= 0.3 is 11.8 Å². The first-order valence-corrected chi connectivity index (χ1v) is 6.98. The van der Waals surface area contributed by atoms with E-state index in [0.717, 1.165) is 15.6 Å². The summed E-state index contributed by atoms with van der Waals surface area (Å²) in [5.41, 5.74) is 2.25. The first-order valence-electron chi connectivity index (χ1n) is 6.19. The third-order valence-corrected chi connectivity index (χ3v) is 3.98. The quantitative estimate of drug-likeness (QED) is 0.688. The van der Waals surface area contributed by atoms with Gasteiger partial charge in [-0.2, -0.15) is 0 Å². The highest BCUT2D eigenvalue weighted by atomic mass is 79.9. The maximum Gasteiger partial charge on any atom is 0.342 e. The molecule has 2 aliphatic heterocycles. The lowest BCUT2D eigenvalue weighted by Gasteiger charge is -2.30. The summed E-state index contributed by atoms with van der Waals surface area (Å²) in [6.45, 7) is 0. The summed E-state index contributed by atoms with van der Waals surface area (Å²) in [5, 5.41) is 0. The fraction of sp³-hybridized carbons (Fsp3) is 0.0625. The molecular weight excluding hydrogens is 320 g/mol. The lowest BCUT2D eigenvalue weighted by molar-refractivity contribution is -0.103. The summed E-state index contributed by atoms with van der Waals surface area (Å²) in [4.78, 5) is 12.0. The molecular formula is C16H9BrO3. The summed E-state index contributed by atoms with van der Waals surface area (Å²) in [7, 11) is 0. The van der Waals surface area contributed by atoms with Crippen molar-refractivity contribution < 1.29 is 14.3 Å². The maximum atomic E-state index is 12.0. The number of benzene rings is 2. The van der Waals surface area contributed by atoms with Gasteiger partial charge in [0.1, 0.15) is 5.75 Å². The van der Waals surface area contributed by atoms with Crippen LogP contribution in [0.4, 0.5) is 0 Å². The molecule has 0 bridgehead atoms. The van der Waals surface area contributed by atoms with Crippen LogP contribution in [0.15, 0.2) is 53.0 Å². The Hall–Kier alpha value is -2.07. The summed E-state index contributed by atoms with van der Waals surface area (Å²) in [5.74, 6) is -0.792. The van der Waals surface area contributed by atoms with Gasteiger partial charge in [-0.15, -0.1) is 0 Å². The monoisotopic (exact) mass is 328 g/mol. The van der Waals surface area contributed by atoms with E-state index in [1.54, 1.807) is 12.1 Å². The van der Waals surface area contributed by atoms with Gasteiger partial charge in [0.2, 0.25) is 0 Å². The minimum absolute atomic E-state index is 0.356. The first kappa shape index (κ1) is 11.7. The van der Waals surface area contributed by atoms with Gasteiger partial charge < -0.3 is 9.47 Å². The van der Waals surface area contributed by atoms with Crippen LogP contribution in [0.1, 0.15) is 21.5 Å². The number of esters is 1. The molecule has 1 spiro atoms. The Morgan fingerprint density at radius 3 is 2.80 bits per heavy atom. The summed E-state index contributed by atoms with van der Waals surface area (Å²) < 4.78 is 12.4. The Morgan fingerprint density at radius 2 is 1.90 bits per heavy atom. The molecule has 0 radical (unpaired) electrons. The zero-order valence-electron chi connectivity index (χ0n) is 10.3. The molecule has 2 heterocycles. The third-order valence-electron chi connectivity index (χ3n) is 3.48. The van der Waals surface area contributed by atoms with Crippen LogP contribution in [-0.4, -0.2) is 5.97 Å². The molecule has 0 amide bonds. The van der Waals surface area contributed by atoms with Crippen LogP contribution in [0, 0.1) is 0 Å². The fourth-order valence-corrected chi connectivity index (χ4v) is 2.93. The molecule has 0 aromatic heterocycles. The number of halogens is 1. The first-order chi connectivity index (χ1) is 9.68. The predicted molar refractivity (Wildman–Crippen MR) is 77.3 cm³/mol. The highest BCUT2D eigenvalue weighted by molar-refractivity contribution is 9.10. The minimum Gasteiger partial charge on any atom is -0.444 e. The number of fused-ring (bicyclic) bond motifs is 3. The Bertz CT molecular complexity index is 766. The van der Waals surface area contributed by atoms with Crippen LogP contribution in [0.3, 0.4) is 0 Å². The minimum atomic E-state index is -1.13. The number of hydrogen-bond acceptors (Lipinski definition) is 3. The van der Waals surface area contributed by atoms with Crippen molar-refractivity contribution in [3.8, 4) is 5.75 Å². The average Bonchev–Trinajstić information content (AvgIpc) is 2.73. The van der Waals surface area contributed by atoms with E-state index in [1.165, 1.54) is 0 Å². The van der Waals surface area contributed by atoms with Crippen molar-refractivity contribution in [2.75, 3.05) is 0 Å². The van der Waals surface area contributed by atoms with Crippen molar-refractivity contribution in [2.24, 2.45) is 0 Å². The molecule has 0 N–H and O–H groups in total. The van der Waals surface area contributed by atoms with Crippen LogP contribution < -0.4 is 4.74 Å². The fourth-order valence-electron chi connectivity index (χ4n) is 2.55. The molecule has 3 nitrogen and oxygen atoms in total. The van der Waals surface area contributed by atoms with Crippen molar-refractivity contribution in [1.82, 2.24) is 0 Å². The molecule has 1 atom stereocenters. The molecule has 0 saturated carbocycles. The number of hydrogen-bond donors (Lipinski definition) is 0. The molecule has 1 unspecified atom stereocenters. The highest BCUT2D eigenvalue weighted by Crippen LogP contribution is 2.44. The van der Waals surface area contributed by atoms with Crippen LogP contribution in [0.2, 0.25) is 0 Å². The SMILES string of the molecule is O=C1OC2(C=Cc3cc(Br)ccc3O2)c2ccccc21. The van der Waals surface area contributed by atoms with E-state index in [2.05, 4.69) is 15.9 Å². The van der Waals surface area contributed by atoms with Gasteiger partial charge in [-0.05, 0) is 36.4 Å². The van der Waals surface area contributed by atoms with Crippen molar-refractivity contribution in [2.45, 2.75) is 5.79 Å². The van der Waals surface area contributed by atoms with Crippen molar-refractivity contribution in [1.29, 1.82) is 0 Å². The Kier molecular flexibility index (Phi) is 2.32. The third kappa shape index (κ3) is 1.55. The standard InChI is InChI=1S/C16H9BrO3/c17-11-5-6-14-10(9-11)7-8-16(19-14)13-4-2-1-3-12(13)15(18)20-16/h1-9H. The molecule has 2 aromatic rings. The molecule has 2 aromatic carbocycles. The molecule has 0 saturated heterocycles. The van der Waals surface area contributed by atoms with Gasteiger partial charge in [0.15, 0.2) is 0 Å². The topological polar surface area (TPSA) is 35.5 Å². The Morgan fingerprint density at radius 1 is 1.05 bits per heavy atom. The molecule has 0 aliphatic carbocycles. The van der Waals surface area contributed by atoms with E-state index in [4.69, 9.17) is 9.47 Å². The second kappa shape index (κ2) is 3.96. The summed E-state index contributed by atoms with van der Waals surface area (Å²) in [6, 6.07) is 13.0. The zero-order valence-corrected chi connectivity index (χ0v) is 11.9. The van der Waals surface area contributed by atoms with E-state index >= 15 is 0 Å².